The quantitative estimate of drug-likeness (QED) is 0.868. The van der Waals surface area contributed by atoms with Gasteiger partial charge in [0.2, 0.25) is 0 Å². The molecule has 8 heteroatoms. The summed E-state index contributed by atoms with van der Waals surface area (Å²) in [6.07, 6.45) is 0. The molecule has 2 N–H and O–H groups in total. The number of hydrogen-bond donors (Lipinski definition) is 2. The highest BCUT2D eigenvalue weighted by Gasteiger charge is 2.20. The Balaban J connectivity index is 2.06. The van der Waals surface area contributed by atoms with Crippen molar-refractivity contribution in [1.82, 2.24) is 4.90 Å². The largest absolute Gasteiger partial charge is 0.478 e. The van der Waals surface area contributed by atoms with E-state index in [0.29, 0.717) is 30.3 Å². The monoisotopic (exact) mass is 316 g/mol. The van der Waals surface area contributed by atoms with E-state index in [2.05, 4.69) is 5.32 Å². The summed E-state index contributed by atoms with van der Waals surface area (Å²) < 4.78 is 11.2. The van der Waals surface area contributed by atoms with Crippen molar-refractivity contribution < 1.29 is 18.9 Å². The molecule has 1 saturated heterocycles. The molecule has 1 aromatic rings. The second-order valence-electron chi connectivity index (χ2n) is 4.27. The summed E-state index contributed by atoms with van der Waals surface area (Å²) in [6.45, 7) is 0.857. The Morgan fingerprint density at radius 1 is 1.30 bits per heavy atom. The molecule has 0 saturated carbocycles. The number of carboxylic acid groups (broad SMARTS) is 1. The Morgan fingerprint density at radius 2 is 1.95 bits per heavy atom. The van der Waals surface area contributed by atoms with Crippen molar-refractivity contribution in [3.05, 3.63) is 28.8 Å². The van der Waals surface area contributed by atoms with Gasteiger partial charge >= 0.3 is 12.0 Å². The normalized spacial score (nSPS) is 15.9. The number of anilines is 1. The Labute approximate surface area is 123 Å². The Kier molecular flexibility index (Phi) is 4.61. The zero-order chi connectivity index (χ0) is 14.7. The summed E-state index contributed by atoms with van der Waals surface area (Å²) in [7, 11) is -0.854. The van der Waals surface area contributed by atoms with Gasteiger partial charge in [0, 0.05) is 41.1 Å². The number of benzene rings is 1. The van der Waals surface area contributed by atoms with E-state index in [4.69, 9.17) is 16.7 Å². The lowest BCUT2D eigenvalue weighted by Gasteiger charge is -2.26. The molecular formula is C12H13ClN2O4S. The molecule has 1 aromatic carbocycles. The van der Waals surface area contributed by atoms with Gasteiger partial charge in [-0.3, -0.25) is 4.21 Å². The predicted octanol–water partition coefficient (Wildman–Crippen LogP) is 1.63. The van der Waals surface area contributed by atoms with Crippen LogP contribution in [-0.2, 0) is 10.8 Å². The summed E-state index contributed by atoms with van der Waals surface area (Å²) >= 11 is 5.75. The summed E-state index contributed by atoms with van der Waals surface area (Å²) in [5.41, 5.74) is 0.299. The first-order valence-electron chi connectivity index (χ1n) is 5.91. The number of rotatable bonds is 2. The molecule has 0 spiro atoms. The number of carbonyl (C=O) groups excluding carboxylic acids is 1. The van der Waals surface area contributed by atoms with Gasteiger partial charge in [0.05, 0.1) is 10.6 Å². The van der Waals surface area contributed by atoms with Crippen LogP contribution in [0.5, 0.6) is 0 Å². The Bertz CT molecular complexity index is 569. The number of halogens is 1. The Hall–Kier alpha value is -1.60. The molecule has 1 aliphatic heterocycles. The van der Waals surface area contributed by atoms with Gasteiger partial charge < -0.3 is 15.3 Å². The van der Waals surface area contributed by atoms with Crippen LogP contribution in [-0.4, -0.2) is 50.8 Å². The summed E-state index contributed by atoms with van der Waals surface area (Å²) in [6, 6.07) is 3.94. The minimum atomic E-state index is -1.15. The molecule has 108 valence electrons. The maximum atomic E-state index is 12.0. The number of urea groups is 1. The lowest BCUT2D eigenvalue weighted by Crippen LogP contribution is -2.43. The van der Waals surface area contributed by atoms with E-state index >= 15 is 0 Å². The Morgan fingerprint density at radius 3 is 2.55 bits per heavy atom. The van der Waals surface area contributed by atoms with Crippen molar-refractivity contribution in [1.29, 1.82) is 0 Å². The molecular weight excluding hydrogens is 304 g/mol. The van der Waals surface area contributed by atoms with Crippen LogP contribution in [0.2, 0.25) is 5.02 Å². The van der Waals surface area contributed by atoms with E-state index < -0.39 is 16.8 Å². The molecule has 0 aromatic heterocycles. The minimum Gasteiger partial charge on any atom is -0.478 e. The fourth-order valence-corrected chi connectivity index (χ4v) is 3.06. The second-order valence-corrected chi connectivity index (χ2v) is 6.37. The van der Waals surface area contributed by atoms with E-state index in [0.717, 1.165) is 0 Å². The zero-order valence-corrected chi connectivity index (χ0v) is 12.0. The van der Waals surface area contributed by atoms with Crippen molar-refractivity contribution in [2.45, 2.75) is 0 Å². The zero-order valence-electron chi connectivity index (χ0n) is 10.5. The molecule has 6 nitrogen and oxygen atoms in total. The van der Waals surface area contributed by atoms with Gasteiger partial charge in [-0.1, -0.05) is 11.6 Å². The van der Waals surface area contributed by atoms with Crippen LogP contribution in [0.3, 0.4) is 0 Å². The number of nitrogens with one attached hydrogen (secondary N) is 1. The van der Waals surface area contributed by atoms with Gasteiger partial charge in [-0.25, -0.2) is 9.59 Å². The first kappa shape index (κ1) is 14.8. The molecule has 20 heavy (non-hydrogen) atoms. The number of carboxylic acids is 1. The fourth-order valence-electron chi connectivity index (χ4n) is 1.81. The fraction of sp³-hybridized carbons (Fsp3) is 0.333. The standard InChI is InChI=1S/C12H13ClN2O4S/c13-10-2-1-8(7-9(10)11(16)17)14-12(18)15-3-5-20(19)6-4-15/h1-2,7H,3-6H2,(H,14,18)(H,16,17). The van der Waals surface area contributed by atoms with Crippen molar-refractivity contribution in [2.75, 3.05) is 29.9 Å². The first-order valence-corrected chi connectivity index (χ1v) is 7.77. The minimum absolute atomic E-state index is 0.0655. The lowest BCUT2D eigenvalue weighted by atomic mass is 10.2. The van der Waals surface area contributed by atoms with Crippen LogP contribution >= 0.6 is 11.6 Å². The molecule has 0 atom stereocenters. The maximum Gasteiger partial charge on any atom is 0.337 e. The van der Waals surface area contributed by atoms with Crippen LogP contribution in [0, 0.1) is 0 Å². The van der Waals surface area contributed by atoms with E-state index in [-0.39, 0.29) is 16.6 Å². The van der Waals surface area contributed by atoms with E-state index in [1.54, 1.807) is 4.90 Å². The summed E-state index contributed by atoms with van der Waals surface area (Å²) in [4.78, 5) is 24.5. The van der Waals surface area contributed by atoms with Crippen LogP contribution in [0.1, 0.15) is 10.4 Å². The number of hydrogen-bond acceptors (Lipinski definition) is 3. The molecule has 2 amide bonds. The summed E-state index contributed by atoms with van der Waals surface area (Å²) in [5, 5.41) is 11.7. The smallest absolute Gasteiger partial charge is 0.337 e. The highest BCUT2D eigenvalue weighted by Crippen LogP contribution is 2.21. The van der Waals surface area contributed by atoms with Gasteiger partial charge in [-0.15, -0.1) is 0 Å². The highest BCUT2D eigenvalue weighted by atomic mass is 35.5. The van der Waals surface area contributed by atoms with Crippen LogP contribution in [0.4, 0.5) is 10.5 Å². The van der Waals surface area contributed by atoms with Gasteiger partial charge in [-0.05, 0) is 18.2 Å². The van der Waals surface area contributed by atoms with Crippen molar-refractivity contribution in [2.24, 2.45) is 0 Å². The molecule has 0 unspecified atom stereocenters. The molecule has 2 rings (SSSR count). The molecule has 1 heterocycles. The maximum absolute atomic E-state index is 12.0. The average Bonchev–Trinajstić information content (AvgIpc) is 2.41. The predicted molar refractivity (Wildman–Crippen MR) is 76.9 cm³/mol. The molecule has 0 bridgehead atoms. The average molecular weight is 317 g/mol. The lowest BCUT2D eigenvalue weighted by molar-refractivity contribution is 0.0697. The number of amides is 2. The number of aromatic carboxylic acids is 1. The number of carbonyl (C=O) groups is 2. The third-order valence-electron chi connectivity index (χ3n) is 2.91. The highest BCUT2D eigenvalue weighted by molar-refractivity contribution is 7.85. The van der Waals surface area contributed by atoms with Crippen LogP contribution in [0.15, 0.2) is 18.2 Å². The van der Waals surface area contributed by atoms with Crippen LogP contribution in [0.25, 0.3) is 0 Å². The summed E-state index contributed by atoms with van der Waals surface area (Å²) in [5.74, 6) is -0.220. The third-order valence-corrected chi connectivity index (χ3v) is 4.52. The van der Waals surface area contributed by atoms with E-state index in [1.165, 1.54) is 18.2 Å². The first-order chi connectivity index (χ1) is 9.47. The van der Waals surface area contributed by atoms with Crippen molar-refractivity contribution in [3.8, 4) is 0 Å². The van der Waals surface area contributed by atoms with Gasteiger partial charge in [0.25, 0.3) is 0 Å². The molecule has 0 radical (unpaired) electrons. The molecule has 1 aliphatic rings. The van der Waals surface area contributed by atoms with Crippen molar-refractivity contribution in [3.63, 3.8) is 0 Å². The SMILES string of the molecule is O=C(O)c1cc(NC(=O)N2CCS(=O)CC2)ccc1Cl. The third kappa shape index (κ3) is 3.49. The molecule has 0 aliphatic carbocycles. The van der Waals surface area contributed by atoms with Crippen molar-refractivity contribution >= 4 is 40.1 Å². The number of nitrogens with zero attached hydrogens (tertiary/aromatic N) is 1. The van der Waals surface area contributed by atoms with Gasteiger partial charge in [-0.2, -0.15) is 0 Å². The van der Waals surface area contributed by atoms with Crippen LogP contribution < -0.4 is 5.32 Å². The van der Waals surface area contributed by atoms with E-state index in [9.17, 15) is 13.8 Å². The van der Waals surface area contributed by atoms with Gasteiger partial charge in [0.15, 0.2) is 0 Å². The topological polar surface area (TPSA) is 86.7 Å². The second kappa shape index (κ2) is 6.23. The van der Waals surface area contributed by atoms with Gasteiger partial charge in [0.1, 0.15) is 0 Å². The molecule has 1 fully saturated rings. The van der Waals surface area contributed by atoms with E-state index in [1.807, 2.05) is 0 Å².